The maximum atomic E-state index is 11.2. The first kappa shape index (κ1) is 30.0. The van der Waals surface area contributed by atoms with Crippen LogP contribution in [0.2, 0.25) is 18.1 Å². The Bertz CT molecular complexity index is 613. The van der Waals surface area contributed by atoms with E-state index in [1.807, 2.05) is 0 Å². The Morgan fingerprint density at radius 3 is 2.27 bits per heavy atom. The Morgan fingerprint density at radius 2 is 1.64 bits per heavy atom. The van der Waals surface area contributed by atoms with E-state index in [4.69, 9.17) is 9.16 Å². The Labute approximate surface area is 206 Å². The topological polar surface area (TPSA) is 35.5 Å². The van der Waals surface area contributed by atoms with Crippen molar-refractivity contribution in [1.29, 1.82) is 0 Å². The van der Waals surface area contributed by atoms with Crippen LogP contribution in [0.3, 0.4) is 0 Å². The Kier molecular flexibility index (Phi) is 14.4. The summed E-state index contributed by atoms with van der Waals surface area (Å²) in [4.78, 5) is 11.2. The van der Waals surface area contributed by atoms with E-state index in [1.54, 1.807) is 5.57 Å². The molecule has 1 atom stereocenters. The molecule has 1 aliphatic carbocycles. The van der Waals surface area contributed by atoms with Crippen molar-refractivity contribution in [3.05, 3.63) is 23.5 Å². The summed E-state index contributed by atoms with van der Waals surface area (Å²) in [5, 5.41) is 0.239. The number of unbranched alkanes of at least 4 members (excludes halogenated alkanes) is 9. The second-order valence-corrected chi connectivity index (χ2v) is 16.2. The first-order valence-corrected chi connectivity index (χ1v) is 16.7. The minimum absolute atomic E-state index is 0.0816. The van der Waals surface area contributed by atoms with Crippen molar-refractivity contribution in [3.8, 4) is 0 Å². The Hall–Kier alpha value is -1.03. The molecule has 0 aromatic heterocycles. The van der Waals surface area contributed by atoms with Crippen molar-refractivity contribution in [2.45, 2.75) is 142 Å². The highest BCUT2D eigenvalue weighted by atomic mass is 28.4. The molecule has 0 radical (unpaired) electrons. The van der Waals surface area contributed by atoms with Gasteiger partial charge in [0.15, 0.2) is 0 Å². The van der Waals surface area contributed by atoms with Gasteiger partial charge in [-0.15, -0.1) is 0 Å². The molecule has 33 heavy (non-hydrogen) atoms. The highest BCUT2D eigenvalue weighted by Gasteiger charge is 2.40. The molecule has 1 aliphatic rings. The predicted octanol–water partition coefficient (Wildman–Crippen LogP) is 9.49. The standard InChI is InChI=1S/C29H54O3Si/c1-8-9-10-11-14-17-20-25-23-24-27(32-33(6,7)29(2,3)4)26(25)21-18-15-12-13-16-19-22-28(30)31-5/h17,20,25H,8-16,18-19,21-24H2,1-7H3/b20-17+. The van der Waals surface area contributed by atoms with Crippen LogP contribution in [0.15, 0.2) is 23.5 Å². The lowest BCUT2D eigenvalue weighted by molar-refractivity contribution is -0.140. The first-order valence-electron chi connectivity index (χ1n) is 13.8. The monoisotopic (exact) mass is 478 g/mol. The summed E-state index contributed by atoms with van der Waals surface area (Å²) in [7, 11) is -0.326. The summed E-state index contributed by atoms with van der Waals surface area (Å²) in [5.41, 5.74) is 1.59. The number of esters is 1. The molecule has 1 unspecified atom stereocenters. The molecule has 0 spiro atoms. The fraction of sp³-hybridized carbons (Fsp3) is 0.828. The number of hydrogen-bond acceptors (Lipinski definition) is 3. The molecule has 192 valence electrons. The van der Waals surface area contributed by atoms with E-state index in [1.165, 1.54) is 83.5 Å². The summed E-state index contributed by atoms with van der Waals surface area (Å²) in [6.45, 7) is 14.0. The zero-order valence-electron chi connectivity index (χ0n) is 23.1. The minimum Gasteiger partial charge on any atom is -0.547 e. The fourth-order valence-corrected chi connectivity index (χ4v) is 5.44. The van der Waals surface area contributed by atoms with E-state index in [0.717, 1.165) is 19.3 Å². The zero-order valence-corrected chi connectivity index (χ0v) is 24.1. The van der Waals surface area contributed by atoms with Gasteiger partial charge in [-0.2, -0.15) is 0 Å². The smallest absolute Gasteiger partial charge is 0.305 e. The minimum atomic E-state index is -1.80. The van der Waals surface area contributed by atoms with Gasteiger partial charge in [-0.25, -0.2) is 0 Å². The molecule has 0 aromatic carbocycles. The second kappa shape index (κ2) is 15.8. The Balaban J connectivity index is 2.61. The lowest BCUT2D eigenvalue weighted by Crippen LogP contribution is -2.40. The molecule has 0 saturated carbocycles. The van der Waals surface area contributed by atoms with Crippen molar-refractivity contribution in [3.63, 3.8) is 0 Å². The van der Waals surface area contributed by atoms with Crippen molar-refractivity contribution in [2.75, 3.05) is 7.11 Å². The van der Waals surface area contributed by atoms with E-state index in [0.29, 0.717) is 12.3 Å². The lowest BCUT2D eigenvalue weighted by Gasteiger charge is -2.37. The van der Waals surface area contributed by atoms with E-state index < -0.39 is 8.32 Å². The van der Waals surface area contributed by atoms with Gasteiger partial charge < -0.3 is 9.16 Å². The van der Waals surface area contributed by atoms with E-state index in [9.17, 15) is 4.79 Å². The Morgan fingerprint density at radius 1 is 1.00 bits per heavy atom. The van der Waals surface area contributed by atoms with Crippen LogP contribution in [0.1, 0.15) is 124 Å². The van der Waals surface area contributed by atoms with Gasteiger partial charge in [0, 0.05) is 18.8 Å². The van der Waals surface area contributed by atoms with E-state index >= 15 is 0 Å². The lowest BCUT2D eigenvalue weighted by atomic mass is 9.95. The zero-order chi connectivity index (χ0) is 24.7. The molecule has 0 amide bonds. The quantitative estimate of drug-likeness (QED) is 0.0903. The molecule has 4 heteroatoms. The SMILES string of the molecule is CCCCCC/C=C/C1CCC(O[Si](C)(C)C(C)(C)C)=C1CCCCCCCCC(=O)OC. The largest absolute Gasteiger partial charge is 0.547 e. The molecule has 0 bridgehead atoms. The van der Waals surface area contributed by atoms with E-state index in [-0.39, 0.29) is 11.0 Å². The van der Waals surface area contributed by atoms with Crippen LogP contribution in [-0.4, -0.2) is 21.4 Å². The number of ether oxygens (including phenoxy) is 1. The molecule has 0 aromatic rings. The van der Waals surface area contributed by atoms with Crippen LogP contribution in [0, 0.1) is 5.92 Å². The van der Waals surface area contributed by atoms with Crippen LogP contribution in [0.4, 0.5) is 0 Å². The van der Waals surface area contributed by atoms with Crippen LogP contribution >= 0.6 is 0 Å². The highest BCUT2D eigenvalue weighted by molar-refractivity contribution is 6.74. The molecular formula is C29H54O3Si. The molecule has 0 saturated heterocycles. The third kappa shape index (κ3) is 11.8. The van der Waals surface area contributed by atoms with Crippen LogP contribution in [0.25, 0.3) is 0 Å². The van der Waals surface area contributed by atoms with Crippen molar-refractivity contribution in [1.82, 2.24) is 0 Å². The summed E-state index contributed by atoms with van der Waals surface area (Å²) in [5.74, 6) is 1.83. The maximum absolute atomic E-state index is 11.2. The van der Waals surface area contributed by atoms with Gasteiger partial charge in [0.05, 0.1) is 12.9 Å². The number of methoxy groups -OCH3 is 1. The van der Waals surface area contributed by atoms with Crippen LogP contribution in [-0.2, 0) is 14.0 Å². The number of carbonyl (C=O) groups is 1. The van der Waals surface area contributed by atoms with Crippen LogP contribution < -0.4 is 0 Å². The van der Waals surface area contributed by atoms with Gasteiger partial charge in [-0.05, 0) is 62.2 Å². The van der Waals surface area contributed by atoms with Crippen molar-refractivity contribution >= 4 is 14.3 Å². The molecule has 0 heterocycles. The number of allylic oxidation sites excluding steroid dienone is 4. The van der Waals surface area contributed by atoms with Gasteiger partial charge in [0.1, 0.15) is 0 Å². The second-order valence-electron chi connectivity index (χ2n) is 11.4. The summed E-state index contributed by atoms with van der Waals surface area (Å²) in [6.07, 6.45) is 22.6. The summed E-state index contributed by atoms with van der Waals surface area (Å²) < 4.78 is 11.6. The highest BCUT2D eigenvalue weighted by Crippen LogP contribution is 2.43. The third-order valence-corrected chi connectivity index (χ3v) is 11.9. The molecule has 3 nitrogen and oxygen atoms in total. The van der Waals surface area contributed by atoms with E-state index in [2.05, 4.69) is 52.9 Å². The summed E-state index contributed by atoms with van der Waals surface area (Å²) in [6, 6.07) is 0. The first-order chi connectivity index (χ1) is 15.6. The van der Waals surface area contributed by atoms with Gasteiger partial charge in [-0.3, -0.25) is 4.79 Å². The molecule has 1 rings (SSSR count). The number of hydrogen-bond donors (Lipinski definition) is 0. The normalized spacial score (nSPS) is 17.2. The molecule has 0 aliphatic heterocycles. The average molecular weight is 479 g/mol. The van der Waals surface area contributed by atoms with Crippen LogP contribution in [0.5, 0.6) is 0 Å². The van der Waals surface area contributed by atoms with Gasteiger partial charge in [0.2, 0.25) is 8.32 Å². The third-order valence-electron chi connectivity index (χ3n) is 7.57. The molecular weight excluding hydrogens is 424 g/mol. The fourth-order valence-electron chi connectivity index (χ4n) is 4.29. The number of carbonyl (C=O) groups excluding carboxylic acids is 1. The van der Waals surface area contributed by atoms with Gasteiger partial charge >= 0.3 is 5.97 Å². The molecule has 0 fully saturated rings. The van der Waals surface area contributed by atoms with Gasteiger partial charge in [0.25, 0.3) is 0 Å². The van der Waals surface area contributed by atoms with Crippen molar-refractivity contribution < 1.29 is 14.0 Å². The van der Waals surface area contributed by atoms with Crippen molar-refractivity contribution in [2.24, 2.45) is 5.92 Å². The summed E-state index contributed by atoms with van der Waals surface area (Å²) >= 11 is 0. The molecule has 0 N–H and O–H groups in total. The average Bonchev–Trinajstić information content (AvgIpc) is 3.12. The maximum Gasteiger partial charge on any atom is 0.305 e. The van der Waals surface area contributed by atoms with Gasteiger partial charge in [-0.1, -0.05) is 84.8 Å². The predicted molar refractivity (Wildman–Crippen MR) is 145 cm³/mol. The number of rotatable bonds is 17.